The van der Waals surface area contributed by atoms with Crippen molar-refractivity contribution in [3.05, 3.63) is 82.9 Å². The van der Waals surface area contributed by atoms with Gasteiger partial charge in [-0.15, -0.1) is 11.3 Å². The lowest BCUT2D eigenvalue weighted by molar-refractivity contribution is 0.582. The lowest BCUT2D eigenvalue weighted by atomic mass is 10.1. The first-order chi connectivity index (χ1) is 13.9. The number of aryl methyl sites for hydroxylation is 2. The number of hydrogen-bond acceptors (Lipinski definition) is 4. The zero-order valence-corrected chi connectivity index (χ0v) is 18.0. The number of fused-ring (bicyclic) bond motifs is 1. The van der Waals surface area contributed by atoms with E-state index in [4.69, 9.17) is 0 Å². The van der Waals surface area contributed by atoms with Gasteiger partial charge in [0.05, 0.1) is 10.6 Å². The number of benzene rings is 3. The summed E-state index contributed by atoms with van der Waals surface area (Å²) in [6, 6.07) is 21.2. The summed E-state index contributed by atoms with van der Waals surface area (Å²) in [7, 11) is -3.55. The Morgan fingerprint density at radius 1 is 0.931 bits per heavy atom. The van der Waals surface area contributed by atoms with Gasteiger partial charge in [-0.3, -0.25) is 0 Å². The molecule has 0 unspecified atom stereocenters. The molecule has 0 saturated heterocycles. The number of sulfonamides is 1. The molecule has 0 amide bonds. The molecule has 1 aromatic heterocycles. The Bertz CT molecular complexity index is 1280. The molecule has 0 aliphatic rings. The maximum Gasteiger partial charge on any atom is 0.240 e. The van der Waals surface area contributed by atoms with Gasteiger partial charge in [-0.2, -0.15) is 0 Å². The van der Waals surface area contributed by atoms with Crippen LogP contribution < -0.4 is 4.72 Å². The summed E-state index contributed by atoms with van der Waals surface area (Å²) in [4.78, 5) is 6.06. The summed E-state index contributed by atoms with van der Waals surface area (Å²) in [5.74, 6) is 0. The zero-order valence-electron chi connectivity index (χ0n) is 16.3. The van der Waals surface area contributed by atoms with Gasteiger partial charge in [-0.1, -0.05) is 54.1 Å². The molecule has 0 atom stereocenters. The molecule has 1 heterocycles. The summed E-state index contributed by atoms with van der Waals surface area (Å²) in [5, 5.41) is 2.91. The van der Waals surface area contributed by atoms with Crippen molar-refractivity contribution < 1.29 is 8.42 Å². The van der Waals surface area contributed by atoms with Crippen molar-refractivity contribution in [3.8, 4) is 10.6 Å². The lowest BCUT2D eigenvalue weighted by Crippen LogP contribution is -2.25. The summed E-state index contributed by atoms with van der Waals surface area (Å²) < 4.78 is 28.1. The lowest BCUT2D eigenvalue weighted by Gasteiger charge is -2.07. The standard InChI is InChI=1S/C23H22N2O2S2/c1-16-6-5-9-20(14-16)23-25-17(2)22(28-23)12-13-24-29(26,27)21-11-10-18-7-3-4-8-19(18)15-21/h3-11,14-15,24H,12-13H2,1-2H3. The molecule has 1 N–H and O–H groups in total. The molecule has 148 valence electrons. The van der Waals surface area contributed by atoms with Crippen LogP contribution >= 0.6 is 11.3 Å². The van der Waals surface area contributed by atoms with Crippen molar-refractivity contribution in [2.45, 2.75) is 25.2 Å². The van der Waals surface area contributed by atoms with E-state index in [2.05, 4.69) is 34.8 Å². The minimum Gasteiger partial charge on any atom is -0.241 e. The number of hydrogen-bond donors (Lipinski definition) is 1. The van der Waals surface area contributed by atoms with E-state index < -0.39 is 10.0 Å². The predicted octanol–water partition coefficient (Wildman–Crippen LogP) is 5.10. The SMILES string of the molecule is Cc1cccc(-c2nc(C)c(CCNS(=O)(=O)c3ccc4ccccc4c3)s2)c1. The highest BCUT2D eigenvalue weighted by molar-refractivity contribution is 7.89. The van der Waals surface area contributed by atoms with Gasteiger partial charge in [0.1, 0.15) is 5.01 Å². The van der Waals surface area contributed by atoms with Crippen LogP contribution in [-0.4, -0.2) is 19.9 Å². The van der Waals surface area contributed by atoms with Crippen molar-refractivity contribution in [1.29, 1.82) is 0 Å². The summed E-state index contributed by atoms with van der Waals surface area (Å²) >= 11 is 1.62. The predicted molar refractivity (Wildman–Crippen MR) is 120 cm³/mol. The summed E-state index contributed by atoms with van der Waals surface area (Å²) in [6.45, 7) is 4.38. The number of nitrogens with zero attached hydrogens (tertiary/aromatic N) is 1. The van der Waals surface area contributed by atoms with E-state index in [-0.39, 0.29) is 4.90 Å². The Balaban J connectivity index is 1.46. The Morgan fingerprint density at radius 2 is 1.72 bits per heavy atom. The van der Waals surface area contributed by atoms with Gasteiger partial charge >= 0.3 is 0 Å². The van der Waals surface area contributed by atoms with Gasteiger partial charge in [0.2, 0.25) is 10.0 Å². The minimum absolute atomic E-state index is 0.290. The number of rotatable bonds is 6. The highest BCUT2D eigenvalue weighted by atomic mass is 32.2. The van der Waals surface area contributed by atoms with Crippen LogP contribution in [0, 0.1) is 13.8 Å². The molecule has 4 nitrogen and oxygen atoms in total. The monoisotopic (exact) mass is 422 g/mol. The Labute approximate surface area is 175 Å². The highest BCUT2D eigenvalue weighted by Crippen LogP contribution is 2.28. The second kappa shape index (κ2) is 8.06. The Kier molecular flexibility index (Phi) is 5.50. The summed E-state index contributed by atoms with van der Waals surface area (Å²) in [6.07, 6.45) is 0.613. The smallest absolute Gasteiger partial charge is 0.240 e. The molecule has 0 aliphatic heterocycles. The van der Waals surface area contributed by atoms with E-state index in [0.29, 0.717) is 13.0 Å². The average Bonchev–Trinajstić information content (AvgIpc) is 3.08. The molecular formula is C23H22N2O2S2. The molecule has 4 rings (SSSR count). The zero-order chi connectivity index (χ0) is 20.4. The second-order valence-electron chi connectivity index (χ2n) is 7.05. The van der Waals surface area contributed by atoms with E-state index in [1.807, 2.05) is 43.3 Å². The Morgan fingerprint density at radius 3 is 2.52 bits per heavy atom. The molecule has 0 aliphatic carbocycles. The maximum atomic E-state index is 12.7. The number of thiazole rings is 1. The van der Waals surface area contributed by atoms with Crippen molar-refractivity contribution in [3.63, 3.8) is 0 Å². The molecular weight excluding hydrogens is 400 g/mol. The number of nitrogens with one attached hydrogen (secondary N) is 1. The molecule has 0 spiro atoms. The van der Waals surface area contributed by atoms with Crippen LogP contribution in [0.25, 0.3) is 21.3 Å². The van der Waals surface area contributed by atoms with Crippen molar-refractivity contribution in [2.75, 3.05) is 6.54 Å². The van der Waals surface area contributed by atoms with Crippen LogP contribution in [0.3, 0.4) is 0 Å². The molecule has 0 bridgehead atoms. The van der Waals surface area contributed by atoms with Crippen molar-refractivity contribution in [1.82, 2.24) is 9.71 Å². The third-order valence-electron chi connectivity index (χ3n) is 4.83. The van der Waals surface area contributed by atoms with E-state index in [9.17, 15) is 8.42 Å². The molecule has 0 saturated carbocycles. The van der Waals surface area contributed by atoms with Crippen molar-refractivity contribution >= 4 is 32.1 Å². The van der Waals surface area contributed by atoms with Crippen LogP contribution in [0.5, 0.6) is 0 Å². The van der Waals surface area contributed by atoms with E-state index >= 15 is 0 Å². The molecule has 3 aromatic carbocycles. The topological polar surface area (TPSA) is 59.1 Å². The fourth-order valence-corrected chi connectivity index (χ4v) is 5.40. The van der Waals surface area contributed by atoms with Crippen LogP contribution in [0.2, 0.25) is 0 Å². The van der Waals surface area contributed by atoms with Crippen LogP contribution in [-0.2, 0) is 16.4 Å². The third kappa shape index (κ3) is 4.40. The maximum absolute atomic E-state index is 12.7. The first-order valence-electron chi connectivity index (χ1n) is 9.44. The van der Waals surface area contributed by atoms with Crippen LogP contribution in [0.15, 0.2) is 71.6 Å². The molecule has 0 fully saturated rings. The van der Waals surface area contributed by atoms with Gasteiger partial charge in [0, 0.05) is 17.0 Å². The quantitative estimate of drug-likeness (QED) is 0.470. The Hall–Kier alpha value is -2.54. The normalized spacial score (nSPS) is 11.8. The fourth-order valence-electron chi connectivity index (χ4n) is 3.28. The van der Waals surface area contributed by atoms with Crippen LogP contribution in [0.1, 0.15) is 16.1 Å². The van der Waals surface area contributed by atoms with Gasteiger partial charge in [-0.25, -0.2) is 18.1 Å². The van der Waals surface area contributed by atoms with E-state index in [1.165, 1.54) is 5.56 Å². The molecule has 29 heavy (non-hydrogen) atoms. The first kappa shape index (κ1) is 19.8. The van der Waals surface area contributed by atoms with Crippen LogP contribution in [0.4, 0.5) is 0 Å². The largest absolute Gasteiger partial charge is 0.241 e. The highest BCUT2D eigenvalue weighted by Gasteiger charge is 2.15. The van der Waals surface area contributed by atoms with Crippen molar-refractivity contribution in [2.24, 2.45) is 0 Å². The van der Waals surface area contributed by atoms with Gasteiger partial charge in [0.25, 0.3) is 0 Å². The fraction of sp³-hybridized carbons (Fsp3) is 0.174. The van der Waals surface area contributed by atoms with E-state index in [0.717, 1.165) is 31.9 Å². The first-order valence-corrected chi connectivity index (χ1v) is 11.7. The van der Waals surface area contributed by atoms with Gasteiger partial charge < -0.3 is 0 Å². The molecule has 4 aromatic rings. The third-order valence-corrected chi connectivity index (χ3v) is 7.56. The minimum atomic E-state index is -3.55. The van der Waals surface area contributed by atoms with E-state index in [1.54, 1.807) is 23.5 Å². The molecule has 0 radical (unpaired) electrons. The summed E-state index contributed by atoms with van der Waals surface area (Å²) in [5.41, 5.74) is 3.25. The van der Waals surface area contributed by atoms with Gasteiger partial charge in [0.15, 0.2) is 0 Å². The second-order valence-corrected chi connectivity index (χ2v) is 9.90. The average molecular weight is 423 g/mol. The molecule has 6 heteroatoms. The van der Waals surface area contributed by atoms with Gasteiger partial charge in [-0.05, 0) is 49.2 Å². The number of aromatic nitrogens is 1.